The highest BCUT2D eigenvalue weighted by Gasteiger charge is 2.08. The van der Waals surface area contributed by atoms with Crippen LogP contribution in [0.4, 0.5) is 0 Å². The highest BCUT2D eigenvalue weighted by Crippen LogP contribution is 2.12. The van der Waals surface area contributed by atoms with E-state index in [0.29, 0.717) is 23.8 Å². The number of tetrazole rings is 1. The first-order valence-electron chi connectivity index (χ1n) is 7.55. The van der Waals surface area contributed by atoms with E-state index in [9.17, 15) is 4.79 Å². The Bertz CT molecular complexity index is 819. The zero-order chi connectivity index (χ0) is 16.8. The predicted molar refractivity (Wildman–Crippen MR) is 91.4 cm³/mol. The van der Waals surface area contributed by atoms with Crippen LogP contribution in [0.3, 0.4) is 0 Å². The lowest BCUT2D eigenvalue weighted by Gasteiger charge is -2.05. The number of carbonyl (C=O) groups is 1. The van der Waals surface area contributed by atoms with Gasteiger partial charge in [0.2, 0.25) is 11.7 Å². The second kappa shape index (κ2) is 7.70. The lowest BCUT2D eigenvalue weighted by atomic mass is 10.1. The molecule has 7 heteroatoms. The van der Waals surface area contributed by atoms with Crippen LogP contribution in [0, 0.1) is 0 Å². The van der Waals surface area contributed by atoms with E-state index < -0.39 is 0 Å². The van der Waals surface area contributed by atoms with Crippen molar-refractivity contribution < 1.29 is 4.79 Å². The van der Waals surface area contributed by atoms with Crippen LogP contribution in [0.2, 0.25) is 5.02 Å². The molecule has 0 aliphatic carbocycles. The Balaban J connectivity index is 1.49. The van der Waals surface area contributed by atoms with Gasteiger partial charge < -0.3 is 5.32 Å². The number of benzene rings is 2. The standard InChI is InChI=1S/C17H16ClN5O/c18-15-8-4-5-13(11-15)9-10-19-16(24)12-23-21-17(20-22-23)14-6-2-1-3-7-14/h1-8,11H,9-10,12H2,(H,19,24). The summed E-state index contributed by atoms with van der Waals surface area (Å²) < 4.78 is 0. The van der Waals surface area contributed by atoms with E-state index >= 15 is 0 Å². The molecule has 1 aromatic heterocycles. The quantitative estimate of drug-likeness (QED) is 0.747. The molecule has 1 amide bonds. The van der Waals surface area contributed by atoms with Gasteiger partial charge in [0.1, 0.15) is 6.54 Å². The Morgan fingerprint density at radius 2 is 1.96 bits per heavy atom. The van der Waals surface area contributed by atoms with E-state index in [1.54, 1.807) is 0 Å². The highest BCUT2D eigenvalue weighted by molar-refractivity contribution is 6.30. The fourth-order valence-corrected chi connectivity index (χ4v) is 2.45. The van der Waals surface area contributed by atoms with Crippen molar-refractivity contribution in [3.05, 3.63) is 65.2 Å². The lowest BCUT2D eigenvalue weighted by Crippen LogP contribution is -2.30. The first-order chi connectivity index (χ1) is 11.7. The molecule has 24 heavy (non-hydrogen) atoms. The molecular weight excluding hydrogens is 326 g/mol. The van der Waals surface area contributed by atoms with Gasteiger partial charge in [-0.25, -0.2) is 0 Å². The maximum absolute atomic E-state index is 11.9. The topological polar surface area (TPSA) is 72.7 Å². The number of aromatic nitrogens is 4. The molecule has 0 radical (unpaired) electrons. The van der Waals surface area contributed by atoms with Gasteiger partial charge in [-0.15, -0.1) is 10.2 Å². The molecule has 2 aromatic carbocycles. The lowest BCUT2D eigenvalue weighted by molar-refractivity contribution is -0.122. The Labute approximate surface area is 144 Å². The largest absolute Gasteiger partial charge is 0.354 e. The van der Waals surface area contributed by atoms with Crippen LogP contribution >= 0.6 is 11.6 Å². The maximum atomic E-state index is 11.9. The fraction of sp³-hybridized carbons (Fsp3) is 0.176. The molecule has 6 nitrogen and oxygen atoms in total. The zero-order valence-corrected chi connectivity index (χ0v) is 13.6. The summed E-state index contributed by atoms with van der Waals surface area (Å²) in [4.78, 5) is 13.2. The molecule has 0 unspecified atom stereocenters. The molecule has 0 aliphatic rings. The number of rotatable bonds is 6. The second-order valence-corrected chi connectivity index (χ2v) is 5.68. The van der Waals surface area contributed by atoms with E-state index in [4.69, 9.17) is 11.6 Å². The van der Waals surface area contributed by atoms with Crippen LogP contribution < -0.4 is 5.32 Å². The zero-order valence-electron chi connectivity index (χ0n) is 12.9. The smallest absolute Gasteiger partial charge is 0.243 e. The average molecular weight is 342 g/mol. The van der Waals surface area contributed by atoms with Crippen molar-refractivity contribution >= 4 is 17.5 Å². The summed E-state index contributed by atoms with van der Waals surface area (Å²) in [7, 11) is 0. The molecule has 1 N–H and O–H groups in total. The van der Waals surface area contributed by atoms with Crippen molar-refractivity contribution in [3.8, 4) is 11.4 Å². The number of nitrogens with zero attached hydrogens (tertiary/aromatic N) is 4. The van der Waals surface area contributed by atoms with Gasteiger partial charge in [0.15, 0.2) is 0 Å². The molecular formula is C17H16ClN5O. The monoisotopic (exact) mass is 341 g/mol. The number of amides is 1. The molecule has 0 atom stereocenters. The van der Waals surface area contributed by atoms with Crippen molar-refractivity contribution in [3.63, 3.8) is 0 Å². The minimum Gasteiger partial charge on any atom is -0.354 e. The first kappa shape index (κ1) is 16.1. The van der Waals surface area contributed by atoms with Crippen molar-refractivity contribution in [2.45, 2.75) is 13.0 Å². The third-order valence-corrected chi connectivity index (χ3v) is 3.63. The number of nitrogens with one attached hydrogen (secondary N) is 1. The molecule has 0 aliphatic heterocycles. The number of carbonyl (C=O) groups excluding carboxylic acids is 1. The number of hydrogen-bond donors (Lipinski definition) is 1. The highest BCUT2D eigenvalue weighted by atomic mass is 35.5. The Morgan fingerprint density at radius 3 is 2.75 bits per heavy atom. The molecule has 122 valence electrons. The van der Waals surface area contributed by atoms with E-state index in [0.717, 1.165) is 11.1 Å². The first-order valence-corrected chi connectivity index (χ1v) is 7.93. The Kier molecular flexibility index (Phi) is 5.18. The summed E-state index contributed by atoms with van der Waals surface area (Å²) in [5.41, 5.74) is 1.94. The molecule has 3 rings (SSSR count). The summed E-state index contributed by atoms with van der Waals surface area (Å²) in [5.74, 6) is 0.344. The van der Waals surface area contributed by atoms with Gasteiger partial charge >= 0.3 is 0 Å². The van der Waals surface area contributed by atoms with Crippen LogP contribution in [0.1, 0.15) is 5.56 Å². The number of halogens is 1. The van der Waals surface area contributed by atoms with Gasteiger partial charge in [-0.05, 0) is 29.3 Å². The Hall–Kier alpha value is -2.73. The molecule has 0 bridgehead atoms. The van der Waals surface area contributed by atoms with E-state index in [-0.39, 0.29) is 12.5 Å². The van der Waals surface area contributed by atoms with Gasteiger partial charge in [0, 0.05) is 17.1 Å². The van der Waals surface area contributed by atoms with E-state index in [1.165, 1.54) is 4.80 Å². The minimum atomic E-state index is -0.158. The second-order valence-electron chi connectivity index (χ2n) is 5.24. The summed E-state index contributed by atoms with van der Waals surface area (Å²) in [6, 6.07) is 17.1. The fourth-order valence-electron chi connectivity index (χ4n) is 2.24. The van der Waals surface area contributed by atoms with Crippen molar-refractivity contribution in [1.82, 2.24) is 25.5 Å². The minimum absolute atomic E-state index is 0.0371. The van der Waals surface area contributed by atoms with Crippen molar-refractivity contribution in [2.75, 3.05) is 6.54 Å². The van der Waals surface area contributed by atoms with Gasteiger partial charge in [-0.1, -0.05) is 54.1 Å². The van der Waals surface area contributed by atoms with Crippen LogP contribution in [0.25, 0.3) is 11.4 Å². The predicted octanol–water partition coefficient (Wildman–Crippen LogP) is 2.35. The Morgan fingerprint density at radius 1 is 1.12 bits per heavy atom. The third-order valence-electron chi connectivity index (χ3n) is 3.39. The van der Waals surface area contributed by atoms with Gasteiger partial charge in [-0.2, -0.15) is 4.80 Å². The van der Waals surface area contributed by atoms with Crippen LogP contribution in [0.5, 0.6) is 0 Å². The van der Waals surface area contributed by atoms with Crippen LogP contribution in [-0.2, 0) is 17.8 Å². The molecule has 1 heterocycles. The van der Waals surface area contributed by atoms with Crippen molar-refractivity contribution in [1.29, 1.82) is 0 Å². The molecule has 0 saturated carbocycles. The summed E-state index contributed by atoms with van der Waals surface area (Å²) in [5, 5.41) is 15.6. The third kappa shape index (κ3) is 4.39. The summed E-state index contributed by atoms with van der Waals surface area (Å²) in [6.45, 7) is 0.564. The average Bonchev–Trinajstić information content (AvgIpc) is 3.04. The number of hydrogen-bond acceptors (Lipinski definition) is 4. The van der Waals surface area contributed by atoms with Gasteiger partial charge in [0.25, 0.3) is 0 Å². The maximum Gasteiger partial charge on any atom is 0.243 e. The van der Waals surface area contributed by atoms with E-state index in [1.807, 2.05) is 54.6 Å². The molecule has 0 fully saturated rings. The van der Waals surface area contributed by atoms with Crippen molar-refractivity contribution in [2.24, 2.45) is 0 Å². The molecule has 0 saturated heterocycles. The summed E-state index contributed by atoms with van der Waals surface area (Å²) >= 11 is 5.93. The SMILES string of the molecule is O=C(Cn1nnc(-c2ccccc2)n1)NCCc1cccc(Cl)c1. The van der Waals surface area contributed by atoms with Gasteiger partial charge in [0.05, 0.1) is 0 Å². The van der Waals surface area contributed by atoms with E-state index in [2.05, 4.69) is 20.7 Å². The summed E-state index contributed by atoms with van der Waals surface area (Å²) in [6.07, 6.45) is 0.715. The van der Waals surface area contributed by atoms with Gasteiger partial charge in [-0.3, -0.25) is 4.79 Å². The normalized spacial score (nSPS) is 10.5. The molecule has 3 aromatic rings. The molecule has 0 spiro atoms. The van der Waals surface area contributed by atoms with Crippen LogP contribution in [-0.4, -0.2) is 32.7 Å². The van der Waals surface area contributed by atoms with Crippen LogP contribution in [0.15, 0.2) is 54.6 Å².